The Hall–Kier alpha value is 0.0200. The molecule has 0 radical (unpaired) electrons. The summed E-state index contributed by atoms with van der Waals surface area (Å²) in [5.41, 5.74) is 0. The molecule has 9 heavy (non-hydrogen) atoms. The van der Waals surface area contributed by atoms with E-state index < -0.39 is 0 Å². The van der Waals surface area contributed by atoms with Gasteiger partial charge >= 0.3 is 0 Å². The van der Waals surface area contributed by atoms with Crippen molar-refractivity contribution in [2.24, 2.45) is 4.99 Å². The number of thioether (sulfide) groups is 1. The Morgan fingerprint density at radius 2 is 2.56 bits per heavy atom. The second kappa shape index (κ2) is 3.25. The molecule has 0 aliphatic carbocycles. The molecular formula is C7H13NS. The lowest BCUT2D eigenvalue weighted by atomic mass is 10.2. The summed E-state index contributed by atoms with van der Waals surface area (Å²) in [5.74, 6) is 1.22. The summed E-state index contributed by atoms with van der Waals surface area (Å²) >= 11 is 1.90. The monoisotopic (exact) mass is 143 g/mol. The topological polar surface area (TPSA) is 12.4 Å². The van der Waals surface area contributed by atoms with Gasteiger partial charge in [0, 0.05) is 5.75 Å². The van der Waals surface area contributed by atoms with Crippen LogP contribution in [0.5, 0.6) is 0 Å². The van der Waals surface area contributed by atoms with Crippen molar-refractivity contribution >= 4 is 16.8 Å². The average Bonchev–Trinajstić information content (AvgIpc) is 2.17. The Balaban J connectivity index is 2.29. The molecule has 0 spiro atoms. The summed E-state index contributed by atoms with van der Waals surface area (Å²) in [7, 11) is 0. The van der Waals surface area contributed by atoms with Crippen LogP contribution in [-0.2, 0) is 0 Å². The van der Waals surface area contributed by atoms with Gasteiger partial charge in [-0.05, 0) is 13.3 Å². The highest BCUT2D eigenvalue weighted by Crippen LogP contribution is 2.20. The van der Waals surface area contributed by atoms with Crippen LogP contribution in [0.2, 0.25) is 0 Å². The third-order valence-corrected chi connectivity index (χ3v) is 2.55. The van der Waals surface area contributed by atoms with E-state index in [1.54, 1.807) is 0 Å². The molecule has 0 aromatic carbocycles. The number of aliphatic imine (C=N–C) groups is 1. The van der Waals surface area contributed by atoms with E-state index >= 15 is 0 Å². The van der Waals surface area contributed by atoms with Gasteiger partial charge in [0.25, 0.3) is 0 Å². The molecule has 2 heteroatoms. The van der Waals surface area contributed by atoms with Crippen molar-refractivity contribution in [3.05, 3.63) is 0 Å². The van der Waals surface area contributed by atoms with Crippen molar-refractivity contribution in [2.75, 3.05) is 5.75 Å². The average molecular weight is 143 g/mol. The molecule has 1 aliphatic heterocycles. The molecule has 52 valence electrons. The van der Waals surface area contributed by atoms with E-state index in [0.29, 0.717) is 6.04 Å². The predicted octanol–water partition coefficient (Wildman–Crippen LogP) is 2.32. The smallest absolute Gasteiger partial charge is 0.0649 e. The summed E-state index contributed by atoms with van der Waals surface area (Å²) in [6.45, 7) is 4.31. The molecule has 1 aliphatic rings. The first-order valence-electron chi connectivity index (χ1n) is 3.50. The fourth-order valence-corrected chi connectivity index (χ4v) is 1.93. The van der Waals surface area contributed by atoms with Gasteiger partial charge in [0.2, 0.25) is 0 Å². The van der Waals surface area contributed by atoms with Crippen LogP contribution in [0.25, 0.3) is 0 Å². The van der Waals surface area contributed by atoms with E-state index in [4.69, 9.17) is 0 Å². The number of rotatable bonds is 2. The van der Waals surface area contributed by atoms with Crippen molar-refractivity contribution in [1.82, 2.24) is 0 Å². The first-order valence-corrected chi connectivity index (χ1v) is 4.48. The molecule has 1 heterocycles. The van der Waals surface area contributed by atoms with Crippen molar-refractivity contribution in [3.8, 4) is 0 Å². The van der Waals surface area contributed by atoms with Crippen molar-refractivity contribution in [2.45, 2.75) is 32.7 Å². The standard InChI is InChI=1S/C7H13NS/c1-3-4-7-5-9-6(2)8-7/h7H,3-5H2,1-2H3/t7-/m1/s1. The van der Waals surface area contributed by atoms with Crippen LogP contribution < -0.4 is 0 Å². The largest absolute Gasteiger partial charge is 0.279 e. The molecule has 0 aromatic rings. The molecule has 0 N–H and O–H groups in total. The van der Waals surface area contributed by atoms with Gasteiger partial charge in [-0.3, -0.25) is 4.99 Å². The minimum atomic E-state index is 0.639. The third-order valence-electron chi connectivity index (χ3n) is 1.47. The van der Waals surface area contributed by atoms with Gasteiger partial charge in [-0.1, -0.05) is 13.3 Å². The van der Waals surface area contributed by atoms with Crippen LogP contribution in [0.4, 0.5) is 0 Å². The zero-order valence-electron chi connectivity index (χ0n) is 6.05. The molecule has 0 fully saturated rings. The third kappa shape index (κ3) is 2.01. The molecule has 1 nitrogen and oxygen atoms in total. The summed E-state index contributed by atoms with van der Waals surface area (Å²) in [6.07, 6.45) is 2.53. The van der Waals surface area contributed by atoms with Gasteiger partial charge in [0.05, 0.1) is 11.1 Å². The maximum absolute atomic E-state index is 4.46. The highest BCUT2D eigenvalue weighted by atomic mass is 32.2. The Morgan fingerprint density at radius 1 is 1.78 bits per heavy atom. The minimum absolute atomic E-state index is 0.639. The van der Waals surface area contributed by atoms with Gasteiger partial charge < -0.3 is 0 Å². The Morgan fingerprint density at radius 3 is 3.00 bits per heavy atom. The molecule has 0 saturated heterocycles. The normalized spacial score (nSPS) is 26.4. The number of hydrogen-bond acceptors (Lipinski definition) is 2. The van der Waals surface area contributed by atoms with E-state index in [1.807, 2.05) is 11.8 Å². The SMILES string of the molecule is CCC[C@@H]1CSC(C)=N1. The van der Waals surface area contributed by atoms with E-state index in [0.717, 1.165) is 0 Å². The van der Waals surface area contributed by atoms with Gasteiger partial charge in [-0.25, -0.2) is 0 Å². The summed E-state index contributed by atoms with van der Waals surface area (Å²) < 4.78 is 0. The zero-order chi connectivity index (χ0) is 6.69. The Labute approximate surface area is 60.9 Å². The Kier molecular flexibility index (Phi) is 2.58. The van der Waals surface area contributed by atoms with Crippen molar-refractivity contribution < 1.29 is 0 Å². The van der Waals surface area contributed by atoms with E-state index in [9.17, 15) is 0 Å². The van der Waals surface area contributed by atoms with Gasteiger partial charge in [-0.15, -0.1) is 11.8 Å². The molecule has 0 unspecified atom stereocenters. The van der Waals surface area contributed by atoms with Crippen LogP contribution in [0.1, 0.15) is 26.7 Å². The fourth-order valence-electron chi connectivity index (χ4n) is 1.03. The summed E-state index contributed by atoms with van der Waals surface area (Å²) in [4.78, 5) is 4.46. The van der Waals surface area contributed by atoms with Gasteiger partial charge in [0.1, 0.15) is 0 Å². The minimum Gasteiger partial charge on any atom is -0.279 e. The highest BCUT2D eigenvalue weighted by molar-refractivity contribution is 8.14. The van der Waals surface area contributed by atoms with Crippen LogP contribution in [0, 0.1) is 0 Å². The molecule has 0 bridgehead atoms. The van der Waals surface area contributed by atoms with E-state index in [-0.39, 0.29) is 0 Å². The fraction of sp³-hybridized carbons (Fsp3) is 0.857. The Bertz CT molecular complexity index is 120. The van der Waals surface area contributed by atoms with Crippen LogP contribution in [-0.4, -0.2) is 16.8 Å². The van der Waals surface area contributed by atoms with E-state index in [2.05, 4.69) is 18.8 Å². The first-order chi connectivity index (χ1) is 4.33. The quantitative estimate of drug-likeness (QED) is 0.578. The molecule has 0 aromatic heterocycles. The molecule has 0 amide bonds. The maximum atomic E-state index is 4.46. The lowest BCUT2D eigenvalue weighted by molar-refractivity contribution is 0.670. The number of hydrogen-bond donors (Lipinski definition) is 0. The maximum Gasteiger partial charge on any atom is 0.0649 e. The van der Waals surface area contributed by atoms with Crippen LogP contribution in [0.3, 0.4) is 0 Å². The first kappa shape index (κ1) is 7.13. The lowest BCUT2D eigenvalue weighted by Crippen LogP contribution is -2.01. The molecule has 0 saturated carbocycles. The lowest BCUT2D eigenvalue weighted by Gasteiger charge is -1.99. The molecule has 1 rings (SSSR count). The van der Waals surface area contributed by atoms with Gasteiger partial charge in [-0.2, -0.15) is 0 Å². The molecule has 1 atom stereocenters. The highest BCUT2D eigenvalue weighted by Gasteiger charge is 2.12. The predicted molar refractivity (Wildman–Crippen MR) is 44.3 cm³/mol. The molecular weight excluding hydrogens is 130 g/mol. The van der Waals surface area contributed by atoms with Crippen LogP contribution >= 0.6 is 11.8 Å². The van der Waals surface area contributed by atoms with Crippen molar-refractivity contribution in [1.29, 1.82) is 0 Å². The second-order valence-electron chi connectivity index (χ2n) is 2.40. The van der Waals surface area contributed by atoms with Gasteiger partial charge in [0.15, 0.2) is 0 Å². The number of nitrogens with zero attached hydrogens (tertiary/aromatic N) is 1. The van der Waals surface area contributed by atoms with E-state index in [1.165, 1.54) is 23.6 Å². The summed E-state index contributed by atoms with van der Waals surface area (Å²) in [6, 6.07) is 0.639. The van der Waals surface area contributed by atoms with Crippen LogP contribution in [0.15, 0.2) is 4.99 Å². The van der Waals surface area contributed by atoms with Crippen molar-refractivity contribution in [3.63, 3.8) is 0 Å². The zero-order valence-corrected chi connectivity index (χ0v) is 6.87. The summed E-state index contributed by atoms with van der Waals surface area (Å²) in [5, 5.41) is 1.27. The second-order valence-corrected chi connectivity index (χ2v) is 3.61.